The summed E-state index contributed by atoms with van der Waals surface area (Å²) in [6.45, 7) is 5.74. The zero-order chi connectivity index (χ0) is 22.8. The van der Waals surface area contributed by atoms with Crippen molar-refractivity contribution in [2.75, 3.05) is 44.3 Å². The average Bonchev–Trinajstić information content (AvgIpc) is 3.31. The third-order valence-corrected chi connectivity index (χ3v) is 6.73. The van der Waals surface area contributed by atoms with E-state index >= 15 is 0 Å². The molecule has 2 aromatic carbocycles. The number of anilines is 1. The van der Waals surface area contributed by atoms with Crippen LogP contribution in [0.2, 0.25) is 0 Å². The SMILES string of the molecule is CSc1ccc2cc(CN(Cc3ccc4c(c3)OCO4)C(C)=O)c(N3CCOCC3)nc2c1. The topological polar surface area (TPSA) is 64.1 Å². The molecule has 33 heavy (non-hydrogen) atoms. The first kappa shape index (κ1) is 21.9. The monoisotopic (exact) mass is 465 g/mol. The van der Waals surface area contributed by atoms with Gasteiger partial charge in [-0.05, 0) is 42.2 Å². The quantitative estimate of drug-likeness (QED) is 0.509. The van der Waals surface area contributed by atoms with Crippen LogP contribution in [0.5, 0.6) is 11.5 Å². The van der Waals surface area contributed by atoms with Gasteiger partial charge >= 0.3 is 0 Å². The summed E-state index contributed by atoms with van der Waals surface area (Å²) in [4.78, 5) is 23.0. The highest BCUT2D eigenvalue weighted by Crippen LogP contribution is 2.33. The van der Waals surface area contributed by atoms with Gasteiger partial charge in [0.25, 0.3) is 0 Å². The lowest BCUT2D eigenvalue weighted by Gasteiger charge is -2.31. The van der Waals surface area contributed by atoms with Gasteiger partial charge in [0.1, 0.15) is 5.82 Å². The van der Waals surface area contributed by atoms with Crippen molar-refractivity contribution >= 4 is 34.4 Å². The van der Waals surface area contributed by atoms with E-state index in [1.54, 1.807) is 18.7 Å². The van der Waals surface area contributed by atoms with E-state index in [1.165, 1.54) is 4.90 Å². The highest BCUT2D eigenvalue weighted by atomic mass is 32.2. The van der Waals surface area contributed by atoms with Crippen molar-refractivity contribution in [1.82, 2.24) is 9.88 Å². The fourth-order valence-electron chi connectivity index (χ4n) is 4.22. The van der Waals surface area contributed by atoms with E-state index in [4.69, 9.17) is 19.2 Å². The summed E-state index contributed by atoms with van der Waals surface area (Å²) >= 11 is 1.71. The number of rotatable bonds is 6. The van der Waals surface area contributed by atoms with Crippen molar-refractivity contribution in [2.24, 2.45) is 0 Å². The van der Waals surface area contributed by atoms with Gasteiger partial charge in [-0.3, -0.25) is 4.79 Å². The van der Waals surface area contributed by atoms with Crippen LogP contribution >= 0.6 is 11.8 Å². The van der Waals surface area contributed by atoms with Gasteiger partial charge in [-0.25, -0.2) is 4.98 Å². The number of carbonyl (C=O) groups excluding carboxylic acids is 1. The first-order chi connectivity index (χ1) is 16.1. The van der Waals surface area contributed by atoms with E-state index in [0.717, 1.165) is 52.4 Å². The number of ether oxygens (including phenoxy) is 3. The molecule has 1 aromatic heterocycles. The van der Waals surface area contributed by atoms with E-state index in [2.05, 4.69) is 35.4 Å². The van der Waals surface area contributed by atoms with Gasteiger partial charge in [0, 0.05) is 48.9 Å². The Balaban J connectivity index is 1.48. The molecule has 8 heteroatoms. The van der Waals surface area contributed by atoms with Crippen LogP contribution in [0.3, 0.4) is 0 Å². The molecule has 3 aromatic rings. The first-order valence-electron chi connectivity index (χ1n) is 11.0. The number of morpholine rings is 1. The van der Waals surface area contributed by atoms with E-state index in [0.29, 0.717) is 26.3 Å². The normalized spacial score (nSPS) is 15.2. The maximum absolute atomic E-state index is 12.6. The molecule has 0 spiro atoms. The summed E-state index contributed by atoms with van der Waals surface area (Å²) < 4.78 is 16.5. The highest BCUT2D eigenvalue weighted by molar-refractivity contribution is 7.98. The van der Waals surface area contributed by atoms with Crippen LogP contribution in [0.4, 0.5) is 5.82 Å². The number of amides is 1. The number of pyridine rings is 1. The van der Waals surface area contributed by atoms with Gasteiger partial charge in [0.2, 0.25) is 12.7 Å². The summed E-state index contributed by atoms with van der Waals surface area (Å²) in [6.07, 6.45) is 2.07. The standard InChI is InChI=1S/C25H27N3O4S/c1-17(29)28(14-18-3-6-23-24(11-18)32-16-31-23)15-20-12-19-4-5-21(33-2)13-22(19)26-25(20)27-7-9-30-10-8-27/h3-6,11-13H,7-10,14-16H2,1-2H3. The number of fused-ring (bicyclic) bond motifs is 2. The van der Waals surface area contributed by atoms with Crippen LogP contribution in [0.25, 0.3) is 10.9 Å². The summed E-state index contributed by atoms with van der Waals surface area (Å²) in [5, 5.41) is 1.08. The van der Waals surface area contributed by atoms with E-state index in [9.17, 15) is 4.79 Å². The minimum absolute atomic E-state index is 0.0124. The van der Waals surface area contributed by atoms with Crippen molar-refractivity contribution in [2.45, 2.75) is 24.9 Å². The maximum atomic E-state index is 12.6. The molecule has 2 aliphatic heterocycles. The predicted molar refractivity (Wildman–Crippen MR) is 129 cm³/mol. The third kappa shape index (κ3) is 4.72. The highest BCUT2D eigenvalue weighted by Gasteiger charge is 2.21. The largest absolute Gasteiger partial charge is 0.454 e. The second kappa shape index (κ2) is 9.49. The van der Waals surface area contributed by atoms with Crippen LogP contribution in [0.15, 0.2) is 47.4 Å². The minimum atomic E-state index is 0.0124. The number of hydrogen-bond acceptors (Lipinski definition) is 7. The van der Waals surface area contributed by atoms with Crippen LogP contribution in [-0.2, 0) is 22.6 Å². The van der Waals surface area contributed by atoms with Crippen LogP contribution in [0.1, 0.15) is 18.1 Å². The molecule has 0 bridgehead atoms. The molecule has 0 N–H and O–H groups in total. The van der Waals surface area contributed by atoms with Crippen LogP contribution < -0.4 is 14.4 Å². The van der Waals surface area contributed by atoms with Crippen molar-refractivity contribution in [1.29, 1.82) is 0 Å². The Morgan fingerprint density at radius 2 is 1.88 bits per heavy atom. The second-order valence-corrected chi connectivity index (χ2v) is 9.07. The molecule has 0 radical (unpaired) electrons. The molecule has 5 rings (SSSR count). The Morgan fingerprint density at radius 3 is 2.67 bits per heavy atom. The number of benzene rings is 2. The van der Waals surface area contributed by atoms with Gasteiger partial charge in [-0.2, -0.15) is 0 Å². The zero-order valence-electron chi connectivity index (χ0n) is 18.9. The van der Waals surface area contributed by atoms with Crippen molar-refractivity contribution < 1.29 is 19.0 Å². The van der Waals surface area contributed by atoms with Gasteiger partial charge in [0.05, 0.1) is 18.7 Å². The number of aromatic nitrogens is 1. The molecule has 0 unspecified atom stereocenters. The zero-order valence-corrected chi connectivity index (χ0v) is 19.7. The molecule has 1 fully saturated rings. The fourth-order valence-corrected chi connectivity index (χ4v) is 4.65. The Bertz CT molecular complexity index is 1180. The number of nitrogens with zero attached hydrogens (tertiary/aromatic N) is 3. The summed E-state index contributed by atoms with van der Waals surface area (Å²) in [6, 6.07) is 14.4. The van der Waals surface area contributed by atoms with Gasteiger partial charge in [-0.1, -0.05) is 12.1 Å². The number of hydrogen-bond donors (Lipinski definition) is 0. The molecule has 1 saturated heterocycles. The Morgan fingerprint density at radius 1 is 1.06 bits per heavy atom. The number of carbonyl (C=O) groups is 1. The van der Waals surface area contributed by atoms with Gasteiger partial charge < -0.3 is 24.0 Å². The van der Waals surface area contributed by atoms with E-state index in [1.807, 2.05) is 23.1 Å². The molecular formula is C25H27N3O4S. The summed E-state index contributed by atoms with van der Waals surface area (Å²) in [5.74, 6) is 2.41. The summed E-state index contributed by atoms with van der Waals surface area (Å²) in [7, 11) is 0. The Labute approximate surface area is 197 Å². The van der Waals surface area contributed by atoms with Crippen molar-refractivity contribution in [3.63, 3.8) is 0 Å². The smallest absolute Gasteiger partial charge is 0.231 e. The number of thioether (sulfide) groups is 1. The third-order valence-electron chi connectivity index (χ3n) is 6.01. The van der Waals surface area contributed by atoms with Gasteiger partial charge in [0.15, 0.2) is 11.5 Å². The molecular weight excluding hydrogens is 438 g/mol. The summed E-state index contributed by atoms with van der Waals surface area (Å²) in [5.41, 5.74) is 3.01. The first-order valence-corrected chi connectivity index (χ1v) is 12.3. The lowest BCUT2D eigenvalue weighted by Crippen LogP contribution is -2.38. The maximum Gasteiger partial charge on any atom is 0.231 e. The predicted octanol–water partition coefficient (Wildman–Crippen LogP) is 4.07. The minimum Gasteiger partial charge on any atom is -0.454 e. The lowest BCUT2D eigenvalue weighted by molar-refractivity contribution is -0.130. The Hall–Kier alpha value is -2.97. The molecule has 3 heterocycles. The molecule has 0 aliphatic carbocycles. The molecule has 172 valence electrons. The van der Waals surface area contributed by atoms with Crippen molar-refractivity contribution in [3.8, 4) is 11.5 Å². The Kier molecular flexibility index (Phi) is 6.28. The van der Waals surface area contributed by atoms with E-state index < -0.39 is 0 Å². The molecule has 0 atom stereocenters. The molecule has 2 aliphatic rings. The lowest BCUT2D eigenvalue weighted by atomic mass is 10.1. The molecule has 0 saturated carbocycles. The second-order valence-electron chi connectivity index (χ2n) is 8.19. The van der Waals surface area contributed by atoms with Crippen LogP contribution in [0, 0.1) is 0 Å². The van der Waals surface area contributed by atoms with Crippen molar-refractivity contribution in [3.05, 3.63) is 53.6 Å². The average molecular weight is 466 g/mol. The molecule has 7 nitrogen and oxygen atoms in total. The van der Waals surface area contributed by atoms with E-state index in [-0.39, 0.29) is 12.7 Å². The fraction of sp³-hybridized carbons (Fsp3) is 0.360. The van der Waals surface area contributed by atoms with Crippen LogP contribution in [-0.4, -0.2) is 55.1 Å². The molecule has 1 amide bonds. The van der Waals surface area contributed by atoms with Gasteiger partial charge in [-0.15, -0.1) is 11.8 Å².